The summed E-state index contributed by atoms with van der Waals surface area (Å²) in [6, 6.07) is 24.2. The van der Waals surface area contributed by atoms with E-state index in [2.05, 4.69) is 0 Å². The van der Waals surface area contributed by atoms with E-state index in [1.807, 2.05) is 73.7 Å². The first-order chi connectivity index (χ1) is 14.2. The second-order valence-corrected chi connectivity index (χ2v) is 6.63. The highest BCUT2D eigenvalue weighted by atomic mass is 16.5. The second kappa shape index (κ2) is 8.07. The predicted octanol–water partition coefficient (Wildman–Crippen LogP) is 5.26. The van der Waals surface area contributed by atoms with E-state index in [1.165, 1.54) is 0 Å². The van der Waals surface area contributed by atoms with Gasteiger partial charge in [-0.2, -0.15) is 0 Å². The van der Waals surface area contributed by atoms with Crippen LogP contribution in [0.5, 0.6) is 11.5 Å². The van der Waals surface area contributed by atoms with Crippen molar-refractivity contribution in [1.82, 2.24) is 0 Å². The number of para-hydroxylation sites is 2. The van der Waals surface area contributed by atoms with Crippen molar-refractivity contribution in [1.29, 1.82) is 0 Å². The molecule has 0 radical (unpaired) electrons. The third-order valence-electron chi connectivity index (χ3n) is 4.69. The molecule has 0 spiro atoms. The first kappa shape index (κ1) is 18.6. The fraction of sp³-hybridized carbons (Fsp3) is 0.0800. The Morgan fingerprint density at radius 1 is 0.931 bits per heavy atom. The molecular weight excluding hydrogens is 362 g/mol. The molecular formula is C25H21NO3. The van der Waals surface area contributed by atoms with Crippen LogP contribution >= 0.6 is 0 Å². The van der Waals surface area contributed by atoms with Crippen LogP contribution in [0.25, 0.3) is 11.8 Å². The van der Waals surface area contributed by atoms with E-state index in [9.17, 15) is 9.90 Å². The number of benzene rings is 3. The van der Waals surface area contributed by atoms with E-state index >= 15 is 0 Å². The Morgan fingerprint density at radius 3 is 2.31 bits per heavy atom. The van der Waals surface area contributed by atoms with Crippen molar-refractivity contribution in [2.45, 2.75) is 6.92 Å². The lowest BCUT2D eigenvalue weighted by Gasteiger charge is -2.21. The number of phenols is 1. The zero-order valence-corrected chi connectivity index (χ0v) is 16.1. The van der Waals surface area contributed by atoms with Gasteiger partial charge in [0.15, 0.2) is 0 Å². The maximum atomic E-state index is 13.3. The summed E-state index contributed by atoms with van der Waals surface area (Å²) in [5.74, 6) is 0.674. The van der Waals surface area contributed by atoms with Crippen molar-refractivity contribution in [3.05, 3.63) is 102 Å². The number of aromatic hydroxyl groups is 1. The van der Waals surface area contributed by atoms with Crippen molar-refractivity contribution in [2.75, 3.05) is 11.5 Å². The Labute approximate surface area is 170 Å². The zero-order valence-electron chi connectivity index (χ0n) is 16.1. The fourth-order valence-electron chi connectivity index (χ4n) is 3.34. The second-order valence-electron chi connectivity index (χ2n) is 6.63. The van der Waals surface area contributed by atoms with Gasteiger partial charge in [-0.05, 0) is 54.5 Å². The highest BCUT2D eigenvalue weighted by Crippen LogP contribution is 2.39. The predicted molar refractivity (Wildman–Crippen MR) is 116 cm³/mol. The first-order valence-electron chi connectivity index (χ1n) is 9.51. The molecule has 29 heavy (non-hydrogen) atoms. The lowest BCUT2D eigenvalue weighted by Crippen LogP contribution is -2.25. The normalized spacial score (nSPS) is 14.9. The number of nitrogens with zero attached hydrogens (tertiary/aromatic N) is 1. The number of carbonyl (C=O) groups is 1. The highest BCUT2D eigenvalue weighted by molar-refractivity contribution is 6.23. The summed E-state index contributed by atoms with van der Waals surface area (Å²) in [5, 5.41) is 10.4. The summed E-state index contributed by atoms with van der Waals surface area (Å²) >= 11 is 0. The molecule has 4 heteroatoms. The van der Waals surface area contributed by atoms with Crippen molar-refractivity contribution < 1.29 is 14.6 Å². The molecule has 0 bridgehead atoms. The van der Waals surface area contributed by atoms with Gasteiger partial charge in [-0.1, -0.05) is 54.6 Å². The van der Waals surface area contributed by atoms with Crippen LogP contribution in [-0.2, 0) is 4.79 Å². The first-order valence-corrected chi connectivity index (χ1v) is 9.51. The van der Waals surface area contributed by atoms with Crippen LogP contribution in [0.15, 0.2) is 90.5 Å². The van der Waals surface area contributed by atoms with E-state index in [4.69, 9.17) is 4.74 Å². The quantitative estimate of drug-likeness (QED) is 0.611. The summed E-state index contributed by atoms with van der Waals surface area (Å²) < 4.78 is 5.48. The summed E-state index contributed by atoms with van der Waals surface area (Å²) in [7, 11) is 0. The van der Waals surface area contributed by atoms with Crippen molar-refractivity contribution in [3.63, 3.8) is 0 Å². The average Bonchev–Trinajstić information content (AvgIpc) is 3.07. The summed E-state index contributed by atoms with van der Waals surface area (Å²) in [6.07, 6.45) is 3.71. The van der Waals surface area contributed by atoms with E-state index in [0.29, 0.717) is 17.9 Å². The molecule has 1 amide bonds. The van der Waals surface area contributed by atoms with E-state index in [-0.39, 0.29) is 11.7 Å². The van der Waals surface area contributed by atoms with E-state index in [1.54, 1.807) is 29.2 Å². The molecule has 0 aromatic heterocycles. The van der Waals surface area contributed by atoms with Crippen LogP contribution in [0, 0.1) is 0 Å². The minimum atomic E-state index is -0.181. The van der Waals surface area contributed by atoms with Crippen molar-refractivity contribution in [3.8, 4) is 11.5 Å². The van der Waals surface area contributed by atoms with Gasteiger partial charge in [-0.25, -0.2) is 0 Å². The average molecular weight is 383 g/mol. The van der Waals surface area contributed by atoms with Gasteiger partial charge in [0, 0.05) is 5.57 Å². The standard InChI is InChI=1S/C25H21NO3/c1-2-29-21-14-12-18(13-15-21)16-20-17-23(19-8-4-3-5-9-19)26(25(20)28)22-10-6-7-11-24(22)27/h3-17,27H,2H2,1H3/b20-16+. The molecule has 4 nitrogen and oxygen atoms in total. The lowest BCUT2D eigenvalue weighted by molar-refractivity contribution is -0.113. The minimum absolute atomic E-state index is 0.0602. The largest absolute Gasteiger partial charge is 0.506 e. The van der Waals surface area contributed by atoms with Gasteiger partial charge in [-0.15, -0.1) is 0 Å². The van der Waals surface area contributed by atoms with Gasteiger partial charge in [0.1, 0.15) is 11.5 Å². The Kier molecular flexibility index (Phi) is 5.16. The van der Waals surface area contributed by atoms with Crippen LogP contribution < -0.4 is 9.64 Å². The molecule has 0 saturated heterocycles. The number of ether oxygens (including phenoxy) is 1. The number of amides is 1. The third kappa shape index (κ3) is 3.78. The number of anilines is 1. The van der Waals surface area contributed by atoms with Crippen LogP contribution in [0.3, 0.4) is 0 Å². The van der Waals surface area contributed by atoms with Crippen LogP contribution in [0.4, 0.5) is 5.69 Å². The monoisotopic (exact) mass is 383 g/mol. The minimum Gasteiger partial charge on any atom is -0.506 e. The van der Waals surface area contributed by atoms with Gasteiger partial charge >= 0.3 is 0 Å². The fourth-order valence-corrected chi connectivity index (χ4v) is 3.34. The Morgan fingerprint density at radius 2 is 1.62 bits per heavy atom. The zero-order chi connectivity index (χ0) is 20.2. The molecule has 0 saturated carbocycles. The molecule has 0 fully saturated rings. The Bertz CT molecular complexity index is 1080. The number of hydrogen-bond donors (Lipinski definition) is 1. The molecule has 3 aromatic carbocycles. The molecule has 4 rings (SSSR count). The Hall–Kier alpha value is -3.79. The smallest absolute Gasteiger partial charge is 0.263 e. The maximum absolute atomic E-state index is 13.3. The van der Waals surface area contributed by atoms with Gasteiger partial charge in [0.25, 0.3) is 5.91 Å². The van der Waals surface area contributed by atoms with Crippen LogP contribution in [-0.4, -0.2) is 17.6 Å². The molecule has 0 unspecified atom stereocenters. The van der Waals surface area contributed by atoms with Gasteiger partial charge in [0.2, 0.25) is 0 Å². The molecule has 1 heterocycles. The molecule has 144 valence electrons. The van der Waals surface area contributed by atoms with Gasteiger partial charge in [0.05, 0.1) is 18.0 Å². The van der Waals surface area contributed by atoms with Crippen LogP contribution in [0.2, 0.25) is 0 Å². The van der Waals surface area contributed by atoms with Crippen LogP contribution in [0.1, 0.15) is 18.1 Å². The molecule has 3 aromatic rings. The number of rotatable bonds is 5. The Balaban J connectivity index is 1.77. The summed E-state index contributed by atoms with van der Waals surface area (Å²) in [5.41, 5.74) is 3.55. The summed E-state index contributed by atoms with van der Waals surface area (Å²) in [4.78, 5) is 14.8. The van der Waals surface area contributed by atoms with E-state index < -0.39 is 0 Å². The van der Waals surface area contributed by atoms with E-state index in [0.717, 1.165) is 22.6 Å². The molecule has 1 N–H and O–H groups in total. The topological polar surface area (TPSA) is 49.8 Å². The SMILES string of the molecule is CCOc1ccc(/C=C2\C=C(c3ccccc3)N(c3ccccc3O)C2=O)cc1. The molecule has 0 aliphatic carbocycles. The number of phenolic OH excluding ortho intramolecular Hbond substituents is 1. The van der Waals surface area contributed by atoms with Gasteiger partial charge in [-0.3, -0.25) is 9.69 Å². The molecule has 0 atom stereocenters. The highest BCUT2D eigenvalue weighted by Gasteiger charge is 2.31. The third-order valence-corrected chi connectivity index (χ3v) is 4.69. The summed E-state index contributed by atoms with van der Waals surface area (Å²) in [6.45, 7) is 2.55. The maximum Gasteiger partial charge on any atom is 0.263 e. The van der Waals surface area contributed by atoms with Crippen molar-refractivity contribution >= 4 is 23.4 Å². The molecule has 1 aliphatic heterocycles. The van der Waals surface area contributed by atoms with Gasteiger partial charge < -0.3 is 9.84 Å². The van der Waals surface area contributed by atoms with Crippen molar-refractivity contribution in [2.24, 2.45) is 0 Å². The number of carbonyl (C=O) groups excluding carboxylic acids is 1. The molecule has 1 aliphatic rings. The lowest BCUT2D eigenvalue weighted by atomic mass is 10.1. The number of hydrogen-bond acceptors (Lipinski definition) is 3.